The molecule has 0 aromatic heterocycles. The molecule has 1 heterocycles. The van der Waals surface area contributed by atoms with Crippen LogP contribution >= 0.6 is 0 Å². The Labute approximate surface area is 100 Å². The Bertz CT molecular complexity index is 374. The van der Waals surface area contributed by atoms with Crippen LogP contribution < -0.4 is 15.4 Å². The number of benzene rings is 1. The Kier molecular flexibility index (Phi) is 3.82. The van der Waals surface area contributed by atoms with E-state index in [0.717, 1.165) is 18.8 Å². The normalized spacial score (nSPS) is 14.9. The van der Waals surface area contributed by atoms with Crippen LogP contribution in [0.25, 0.3) is 0 Å². The fourth-order valence-corrected chi connectivity index (χ4v) is 1.44. The number of hydrogen-bond acceptors (Lipinski definition) is 4. The molecule has 0 saturated carbocycles. The summed E-state index contributed by atoms with van der Waals surface area (Å²) in [6, 6.07) is 7.25. The second-order valence-corrected chi connectivity index (χ2v) is 3.77. The highest BCUT2D eigenvalue weighted by Gasteiger charge is 2.17. The number of rotatable bonds is 4. The number of ether oxygens (including phenoxy) is 2. The molecule has 1 amide bonds. The smallest absolute Gasteiger partial charge is 0.411 e. The van der Waals surface area contributed by atoms with Gasteiger partial charge in [-0.25, -0.2) is 4.79 Å². The zero-order valence-corrected chi connectivity index (χ0v) is 9.73. The molecule has 1 aromatic rings. The van der Waals surface area contributed by atoms with Crippen LogP contribution in [-0.2, 0) is 4.74 Å². The van der Waals surface area contributed by atoms with E-state index in [0.29, 0.717) is 12.3 Å². The number of nitrogens with one attached hydrogen (secondary N) is 2. The summed E-state index contributed by atoms with van der Waals surface area (Å²) in [6.45, 7) is 3.91. The van der Waals surface area contributed by atoms with E-state index in [9.17, 15) is 4.79 Å². The summed E-state index contributed by atoms with van der Waals surface area (Å²) in [4.78, 5) is 11.2. The van der Waals surface area contributed by atoms with Gasteiger partial charge in [0.1, 0.15) is 11.9 Å². The second kappa shape index (κ2) is 5.54. The second-order valence-electron chi connectivity index (χ2n) is 3.77. The third-order valence-corrected chi connectivity index (χ3v) is 2.42. The number of anilines is 1. The lowest BCUT2D eigenvalue weighted by Crippen LogP contribution is -2.50. The summed E-state index contributed by atoms with van der Waals surface area (Å²) in [7, 11) is 0. The van der Waals surface area contributed by atoms with Crippen molar-refractivity contribution in [3.63, 3.8) is 0 Å². The molecule has 1 aliphatic rings. The van der Waals surface area contributed by atoms with Crippen molar-refractivity contribution in [2.24, 2.45) is 0 Å². The molecule has 5 heteroatoms. The first kappa shape index (κ1) is 11.7. The van der Waals surface area contributed by atoms with Crippen molar-refractivity contribution in [3.05, 3.63) is 24.3 Å². The summed E-state index contributed by atoms with van der Waals surface area (Å²) in [5, 5.41) is 5.76. The highest BCUT2D eigenvalue weighted by molar-refractivity contribution is 5.84. The van der Waals surface area contributed by atoms with Gasteiger partial charge in [0.25, 0.3) is 0 Å². The molecule has 0 atom stereocenters. The molecule has 5 nitrogen and oxygen atoms in total. The Morgan fingerprint density at radius 2 is 2.12 bits per heavy atom. The van der Waals surface area contributed by atoms with Crippen LogP contribution in [0.5, 0.6) is 5.75 Å². The molecule has 0 radical (unpaired) electrons. The van der Waals surface area contributed by atoms with E-state index in [1.165, 1.54) is 0 Å². The number of hydrogen-bond donors (Lipinski definition) is 2. The zero-order valence-electron chi connectivity index (χ0n) is 9.73. The van der Waals surface area contributed by atoms with E-state index in [1.807, 2.05) is 12.1 Å². The van der Waals surface area contributed by atoms with Crippen molar-refractivity contribution in [2.45, 2.75) is 13.0 Å². The topological polar surface area (TPSA) is 59.6 Å². The predicted molar refractivity (Wildman–Crippen MR) is 64.4 cm³/mol. The van der Waals surface area contributed by atoms with Gasteiger partial charge >= 0.3 is 6.09 Å². The first-order chi connectivity index (χ1) is 8.28. The molecule has 0 unspecified atom stereocenters. The molecule has 2 N–H and O–H groups in total. The molecule has 0 bridgehead atoms. The van der Waals surface area contributed by atoms with Crippen molar-refractivity contribution in [3.8, 4) is 5.75 Å². The summed E-state index contributed by atoms with van der Waals surface area (Å²) >= 11 is 0. The number of carbonyl (C=O) groups excluding carboxylic acids is 1. The molecular weight excluding hydrogens is 220 g/mol. The fraction of sp³-hybridized carbons (Fsp3) is 0.417. The maximum Gasteiger partial charge on any atom is 0.411 e. The van der Waals surface area contributed by atoms with Crippen molar-refractivity contribution in [1.82, 2.24) is 5.32 Å². The average molecular weight is 236 g/mol. The largest absolute Gasteiger partial charge is 0.488 e. The summed E-state index contributed by atoms with van der Waals surface area (Å²) < 4.78 is 10.4. The summed E-state index contributed by atoms with van der Waals surface area (Å²) in [6.07, 6.45) is -0.178. The molecule has 1 fully saturated rings. The summed E-state index contributed by atoms with van der Waals surface area (Å²) in [5.41, 5.74) is 0.697. The maximum absolute atomic E-state index is 11.2. The molecule has 17 heavy (non-hydrogen) atoms. The van der Waals surface area contributed by atoms with E-state index in [4.69, 9.17) is 9.47 Å². The van der Waals surface area contributed by atoms with E-state index in [1.54, 1.807) is 19.1 Å². The molecule has 0 spiro atoms. The van der Waals surface area contributed by atoms with Crippen molar-refractivity contribution in [1.29, 1.82) is 0 Å². The standard InChI is InChI=1S/C12H16N2O3/c1-2-16-12(15)14-9-3-5-10(6-4-9)17-11-7-13-8-11/h3-6,11,13H,2,7-8H2,1H3,(H,14,15). The van der Waals surface area contributed by atoms with Crippen LogP contribution in [0.4, 0.5) is 10.5 Å². The van der Waals surface area contributed by atoms with Gasteiger partial charge in [0, 0.05) is 18.8 Å². The van der Waals surface area contributed by atoms with Gasteiger partial charge in [-0.15, -0.1) is 0 Å². The van der Waals surface area contributed by atoms with Crippen LogP contribution in [0, 0.1) is 0 Å². The number of carbonyl (C=O) groups is 1. The van der Waals surface area contributed by atoms with Crippen LogP contribution in [0.15, 0.2) is 24.3 Å². The third kappa shape index (κ3) is 3.35. The Balaban J connectivity index is 1.86. The monoisotopic (exact) mass is 236 g/mol. The van der Waals surface area contributed by atoms with Crippen molar-refractivity contribution < 1.29 is 14.3 Å². The lowest BCUT2D eigenvalue weighted by atomic mass is 10.2. The van der Waals surface area contributed by atoms with Gasteiger partial charge in [0.05, 0.1) is 6.61 Å². The lowest BCUT2D eigenvalue weighted by Gasteiger charge is -2.27. The van der Waals surface area contributed by atoms with Crippen LogP contribution in [0.1, 0.15) is 6.92 Å². The minimum absolute atomic E-state index is 0.263. The van der Waals surface area contributed by atoms with E-state index >= 15 is 0 Å². The van der Waals surface area contributed by atoms with Crippen LogP contribution in [0.2, 0.25) is 0 Å². The van der Waals surface area contributed by atoms with Gasteiger partial charge in [-0.2, -0.15) is 0 Å². The van der Waals surface area contributed by atoms with E-state index in [2.05, 4.69) is 10.6 Å². The molecule has 1 saturated heterocycles. The third-order valence-electron chi connectivity index (χ3n) is 2.42. The fourth-order valence-electron chi connectivity index (χ4n) is 1.44. The molecule has 92 valence electrons. The SMILES string of the molecule is CCOC(=O)Nc1ccc(OC2CNC2)cc1. The Hall–Kier alpha value is -1.75. The van der Waals surface area contributed by atoms with Gasteiger partial charge in [-0.1, -0.05) is 0 Å². The Morgan fingerprint density at radius 3 is 2.65 bits per heavy atom. The molecule has 0 aliphatic carbocycles. The lowest BCUT2D eigenvalue weighted by molar-refractivity contribution is 0.142. The van der Waals surface area contributed by atoms with Gasteiger partial charge in [-0.05, 0) is 31.2 Å². The molecule has 2 rings (SSSR count). The first-order valence-corrected chi connectivity index (χ1v) is 5.69. The van der Waals surface area contributed by atoms with Crippen molar-refractivity contribution in [2.75, 3.05) is 25.0 Å². The summed E-state index contributed by atoms with van der Waals surface area (Å²) in [5.74, 6) is 0.811. The van der Waals surface area contributed by atoms with Crippen LogP contribution in [0.3, 0.4) is 0 Å². The highest BCUT2D eigenvalue weighted by atomic mass is 16.5. The van der Waals surface area contributed by atoms with Crippen molar-refractivity contribution >= 4 is 11.8 Å². The van der Waals surface area contributed by atoms with Gasteiger partial charge in [-0.3, -0.25) is 5.32 Å². The minimum atomic E-state index is -0.440. The Morgan fingerprint density at radius 1 is 1.41 bits per heavy atom. The molecular formula is C12H16N2O3. The minimum Gasteiger partial charge on any atom is -0.488 e. The van der Waals surface area contributed by atoms with E-state index < -0.39 is 6.09 Å². The quantitative estimate of drug-likeness (QED) is 0.833. The van der Waals surface area contributed by atoms with E-state index in [-0.39, 0.29) is 6.10 Å². The zero-order chi connectivity index (χ0) is 12.1. The van der Waals surface area contributed by atoms with Gasteiger partial charge in [0.2, 0.25) is 0 Å². The van der Waals surface area contributed by atoms with Crippen LogP contribution in [-0.4, -0.2) is 31.9 Å². The average Bonchev–Trinajstić information content (AvgIpc) is 2.26. The molecule has 1 aromatic carbocycles. The van der Waals surface area contributed by atoms with Gasteiger partial charge in [0.15, 0.2) is 0 Å². The van der Waals surface area contributed by atoms with Gasteiger partial charge < -0.3 is 14.8 Å². The number of amides is 1. The highest BCUT2D eigenvalue weighted by Crippen LogP contribution is 2.17. The predicted octanol–water partition coefficient (Wildman–Crippen LogP) is 1.61. The molecule has 1 aliphatic heterocycles. The maximum atomic E-state index is 11.2. The first-order valence-electron chi connectivity index (χ1n) is 5.69.